The fraction of sp³-hybridized carbons (Fsp3) is 0.214. The van der Waals surface area contributed by atoms with Gasteiger partial charge in [0.25, 0.3) is 0 Å². The monoisotopic (exact) mass is 355 g/mol. The van der Waals surface area contributed by atoms with Crippen molar-refractivity contribution in [2.24, 2.45) is 0 Å². The van der Waals surface area contributed by atoms with Crippen molar-refractivity contribution < 1.29 is 9.53 Å². The number of ether oxygens (including phenoxy) is 1. The Kier molecular flexibility index (Phi) is 4.41. The zero-order chi connectivity index (χ0) is 13.0. The minimum atomic E-state index is -0.298. The number of carbonyl (C=O) groups excluding carboxylic acids is 1. The summed E-state index contributed by atoms with van der Waals surface area (Å²) in [5.41, 5.74) is 2.84. The maximum Gasteiger partial charge on any atom is 0.340 e. The third-order valence-electron chi connectivity index (χ3n) is 2.63. The number of aryl methyl sites for hydroxylation is 1. The minimum absolute atomic E-state index is 0.298. The molecule has 0 unspecified atom stereocenters. The van der Waals surface area contributed by atoms with E-state index in [9.17, 15) is 4.79 Å². The zero-order valence-corrected chi connectivity index (χ0v) is 12.2. The van der Waals surface area contributed by atoms with E-state index in [1.54, 1.807) is 18.5 Å². The highest BCUT2D eigenvalue weighted by Crippen LogP contribution is 2.14. The third-order valence-corrected chi connectivity index (χ3v) is 3.25. The molecule has 0 aliphatic carbocycles. The summed E-state index contributed by atoms with van der Waals surface area (Å²) in [4.78, 5) is 14.5. The van der Waals surface area contributed by atoms with Gasteiger partial charge in [0.15, 0.2) is 0 Å². The smallest absolute Gasteiger partial charge is 0.340 e. The molecule has 3 nitrogen and oxygen atoms in total. The highest BCUT2D eigenvalue weighted by Gasteiger charge is 2.07. The summed E-state index contributed by atoms with van der Waals surface area (Å²) in [5.74, 6) is -0.298. The molecule has 0 aliphatic heterocycles. The van der Waals surface area contributed by atoms with Gasteiger partial charge >= 0.3 is 5.97 Å². The lowest BCUT2D eigenvalue weighted by atomic mass is 10.1. The molecule has 0 saturated carbocycles. The minimum Gasteiger partial charge on any atom is -0.457 e. The fourth-order valence-electron chi connectivity index (χ4n) is 1.69. The van der Waals surface area contributed by atoms with Gasteiger partial charge in [0.05, 0.1) is 5.56 Å². The second kappa shape index (κ2) is 6.04. The second-order valence-electron chi connectivity index (χ2n) is 4.00. The highest BCUT2D eigenvalue weighted by molar-refractivity contribution is 14.1. The van der Waals surface area contributed by atoms with E-state index in [0.717, 1.165) is 12.0 Å². The molecule has 0 saturated heterocycles. The number of H-pyrrole nitrogens is 1. The van der Waals surface area contributed by atoms with Crippen molar-refractivity contribution >= 4 is 28.6 Å². The first-order chi connectivity index (χ1) is 8.69. The van der Waals surface area contributed by atoms with Gasteiger partial charge in [0.1, 0.15) is 6.61 Å². The number of halogens is 1. The van der Waals surface area contributed by atoms with Gasteiger partial charge in [-0.15, -0.1) is 0 Å². The summed E-state index contributed by atoms with van der Waals surface area (Å²) < 4.78 is 6.43. The van der Waals surface area contributed by atoms with Crippen LogP contribution in [0.25, 0.3) is 0 Å². The van der Waals surface area contributed by atoms with Crippen LogP contribution in [0.5, 0.6) is 0 Å². The molecule has 2 aromatic rings. The average molecular weight is 355 g/mol. The van der Waals surface area contributed by atoms with Crippen molar-refractivity contribution in [3.8, 4) is 0 Å². The molecule has 0 spiro atoms. The van der Waals surface area contributed by atoms with Crippen LogP contribution in [0.1, 0.15) is 28.4 Å². The Morgan fingerprint density at radius 3 is 2.78 bits per heavy atom. The van der Waals surface area contributed by atoms with Crippen LogP contribution in [0.3, 0.4) is 0 Å². The van der Waals surface area contributed by atoms with E-state index in [-0.39, 0.29) is 5.97 Å². The molecule has 1 N–H and O–H groups in total. The van der Waals surface area contributed by atoms with Crippen molar-refractivity contribution in [3.63, 3.8) is 0 Å². The average Bonchev–Trinajstić information content (AvgIpc) is 2.89. The predicted molar refractivity (Wildman–Crippen MR) is 78.4 cm³/mol. The first-order valence-electron chi connectivity index (χ1n) is 5.77. The Bertz CT molecular complexity index is 535. The normalized spacial score (nSPS) is 10.3. The Labute approximate surface area is 120 Å². The van der Waals surface area contributed by atoms with Crippen LogP contribution in [0, 0.1) is 3.57 Å². The van der Waals surface area contributed by atoms with Crippen LogP contribution in [0.15, 0.2) is 36.7 Å². The number of benzene rings is 1. The van der Waals surface area contributed by atoms with E-state index in [4.69, 9.17) is 4.74 Å². The molecular formula is C14H14INO2. The van der Waals surface area contributed by atoms with Crippen molar-refractivity contribution in [3.05, 3.63) is 56.9 Å². The van der Waals surface area contributed by atoms with Crippen molar-refractivity contribution in [1.82, 2.24) is 4.98 Å². The van der Waals surface area contributed by atoms with Crippen LogP contribution in [0.2, 0.25) is 0 Å². The fourth-order valence-corrected chi connectivity index (χ4v) is 2.49. The van der Waals surface area contributed by atoms with E-state index in [0.29, 0.717) is 12.2 Å². The molecule has 0 fully saturated rings. The topological polar surface area (TPSA) is 42.1 Å². The summed E-state index contributed by atoms with van der Waals surface area (Å²) in [7, 11) is 0. The molecule has 2 rings (SSSR count). The quantitative estimate of drug-likeness (QED) is 0.673. The van der Waals surface area contributed by atoms with E-state index in [1.165, 1.54) is 9.13 Å². The van der Waals surface area contributed by atoms with Crippen LogP contribution < -0.4 is 0 Å². The number of hydrogen-bond acceptors (Lipinski definition) is 2. The van der Waals surface area contributed by atoms with Gasteiger partial charge in [-0.25, -0.2) is 4.79 Å². The SMILES string of the molecule is CCc1cc(I)cc(COC(=O)c2cc[nH]c2)c1. The van der Waals surface area contributed by atoms with Gasteiger partial charge in [-0.2, -0.15) is 0 Å². The maximum absolute atomic E-state index is 11.7. The summed E-state index contributed by atoms with van der Waals surface area (Å²) in [6.45, 7) is 2.43. The summed E-state index contributed by atoms with van der Waals surface area (Å²) in [6, 6.07) is 7.95. The zero-order valence-electron chi connectivity index (χ0n) is 10.1. The van der Waals surface area contributed by atoms with Crippen molar-refractivity contribution in [2.45, 2.75) is 20.0 Å². The van der Waals surface area contributed by atoms with E-state index in [1.807, 2.05) is 6.07 Å². The van der Waals surface area contributed by atoms with Crippen LogP contribution in [-0.4, -0.2) is 11.0 Å². The number of hydrogen-bond donors (Lipinski definition) is 1. The van der Waals surface area contributed by atoms with Gasteiger partial charge in [0.2, 0.25) is 0 Å². The molecule has 94 valence electrons. The summed E-state index contributed by atoms with van der Waals surface area (Å²) in [6.07, 6.45) is 4.32. The standard InChI is InChI=1S/C14H14INO2/c1-2-10-5-11(7-13(15)6-10)9-18-14(17)12-3-4-16-8-12/h3-8,16H,2,9H2,1H3. The predicted octanol–water partition coefficient (Wildman–Crippen LogP) is 3.54. The molecule has 0 aliphatic rings. The van der Waals surface area contributed by atoms with Gasteiger partial charge in [0, 0.05) is 16.0 Å². The van der Waals surface area contributed by atoms with Crippen LogP contribution >= 0.6 is 22.6 Å². The molecule has 1 aromatic carbocycles. The Morgan fingerprint density at radius 2 is 2.11 bits per heavy atom. The number of esters is 1. The maximum atomic E-state index is 11.7. The number of nitrogens with one attached hydrogen (secondary N) is 1. The first-order valence-corrected chi connectivity index (χ1v) is 6.85. The molecule has 1 heterocycles. The van der Waals surface area contributed by atoms with E-state index < -0.39 is 0 Å². The summed E-state index contributed by atoms with van der Waals surface area (Å²) in [5, 5.41) is 0. The molecule has 4 heteroatoms. The molecular weight excluding hydrogens is 341 g/mol. The number of aromatic amines is 1. The van der Waals surface area contributed by atoms with Gasteiger partial charge < -0.3 is 9.72 Å². The number of aromatic nitrogens is 1. The van der Waals surface area contributed by atoms with Crippen LogP contribution in [-0.2, 0) is 17.8 Å². The van der Waals surface area contributed by atoms with E-state index >= 15 is 0 Å². The lowest BCUT2D eigenvalue weighted by molar-refractivity contribution is 0.0473. The molecule has 1 aromatic heterocycles. The second-order valence-corrected chi connectivity index (χ2v) is 5.24. The lowest BCUT2D eigenvalue weighted by Gasteiger charge is -2.06. The van der Waals surface area contributed by atoms with Gasteiger partial charge in [-0.1, -0.05) is 13.0 Å². The molecule has 0 atom stereocenters. The molecule has 0 bridgehead atoms. The molecule has 18 heavy (non-hydrogen) atoms. The van der Waals surface area contributed by atoms with Gasteiger partial charge in [-0.05, 0) is 58.3 Å². The Hall–Kier alpha value is -1.30. The Morgan fingerprint density at radius 1 is 1.33 bits per heavy atom. The van der Waals surface area contributed by atoms with Crippen molar-refractivity contribution in [1.29, 1.82) is 0 Å². The molecule has 0 radical (unpaired) electrons. The molecule has 0 amide bonds. The highest BCUT2D eigenvalue weighted by atomic mass is 127. The van der Waals surface area contributed by atoms with Crippen molar-refractivity contribution in [2.75, 3.05) is 0 Å². The third kappa shape index (κ3) is 3.35. The lowest BCUT2D eigenvalue weighted by Crippen LogP contribution is -2.04. The largest absolute Gasteiger partial charge is 0.457 e. The first kappa shape index (κ1) is 13.1. The van der Waals surface area contributed by atoms with E-state index in [2.05, 4.69) is 46.6 Å². The Balaban J connectivity index is 2.02. The number of carbonyl (C=O) groups is 1. The number of rotatable bonds is 4. The van der Waals surface area contributed by atoms with Gasteiger partial charge in [-0.3, -0.25) is 0 Å². The summed E-state index contributed by atoms with van der Waals surface area (Å²) >= 11 is 2.28. The van der Waals surface area contributed by atoms with Crippen LogP contribution in [0.4, 0.5) is 0 Å².